The number of rotatable bonds is 5. The minimum absolute atomic E-state index is 0.373. The molecule has 1 aromatic rings. The summed E-state index contributed by atoms with van der Waals surface area (Å²) in [7, 11) is 0. The molecule has 0 aromatic carbocycles. The molecule has 3 atom stereocenters. The van der Waals surface area contributed by atoms with Crippen molar-refractivity contribution in [3.63, 3.8) is 0 Å². The lowest BCUT2D eigenvalue weighted by molar-refractivity contribution is 0.0992. The van der Waals surface area contributed by atoms with Gasteiger partial charge in [-0.15, -0.1) is 0 Å². The fourth-order valence-electron chi connectivity index (χ4n) is 2.98. The van der Waals surface area contributed by atoms with E-state index in [2.05, 4.69) is 27.5 Å². The van der Waals surface area contributed by atoms with Gasteiger partial charge >= 0.3 is 0 Å². The van der Waals surface area contributed by atoms with Gasteiger partial charge in [0.25, 0.3) is 0 Å². The van der Waals surface area contributed by atoms with Crippen LogP contribution in [-0.4, -0.2) is 46.8 Å². The summed E-state index contributed by atoms with van der Waals surface area (Å²) in [5, 5.41) is 6.82. The standard InChI is InChI=1S/C14H23N5O/c1-2-16-14(17-6-8-19-7-5-15-10-19)18-12-9-11-3-4-13(12)20-11/h5,7,10-13H,2-4,6,8-9H2,1H3,(H2,16,17,18). The number of hydrogen-bond acceptors (Lipinski definition) is 3. The van der Waals surface area contributed by atoms with Crippen LogP contribution in [0.25, 0.3) is 0 Å². The molecule has 3 unspecified atom stereocenters. The molecule has 2 saturated heterocycles. The Balaban J connectivity index is 1.52. The second-order valence-electron chi connectivity index (χ2n) is 5.42. The van der Waals surface area contributed by atoms with Gasteiger partial charge in [-0.2, -0.15) is 0 Å². The highest BCUT2D eigenvalue weighted by atomic mass is 16.5. The molecule has 2 N–H and O–H groups in total. The van der Waals surface area contributed by atoms with Gasteiger partial charge in [0.1, 0.15) is 0 Å². The molecule has 2 aliphatic rings. The van der Waals surface area contributed by atoms with E-state index in [1.54, 1.807) is 6.20 Å². The average molecular weight is 277 g/mol. The predicted octanol–water partition coefficient (Wildman–Crippen LogP) is 0.758. The summed E-state index contributed by atoms with van der Waals surface area (Å²) in [6, 6.07) is 0.416. The number of aromatic nitrogens is 2. The van der Waals surface area contributed by atoms with Gasteiger partial charge in [0.2, 0.25) is 0 Å². The van der Waals surface area contributed by atoms with Gasteiger partial charge in [-0.1, -0.05) is 0 Å². The number of fused-ring (bicyclic) bond motifs is 2. The molecule has 6 heteroatoms. The molecule has 3 heterocycles. The average Bonchev–Trinajstić information content (AvgIpc) is 3.16. The summed E-state index contributed by atoms with van der Waals surface area (Å²) in [6.45, 7) is 4.56. The summed E-state index contributed by atoms with van der Waals surface area (Å²) >= 11 is 0. The SMILES string of the molecule is CCNC(=NCCn1ccnc1)NC1CC2CCC1O2. The largest absolute Gasteiger partial charge is 0.373 e. The van der Waals surface area contributed by atoms with Gasteiger partial charge < -0.3 is 19.9 Å². The molecule has 6 nitrogen and oxygen atoms in total. The Morgan fingerprint density at radius 3 is 3.10 bits per heavy atom. The second kappa shape index (κ2) is 6.26. The fourth-order valence-corrected chi connectivity index (χ4v) is 2.98. The van der Waals surface area contributed by atoms with Crippen LogP contribution in [0.15, 0.2) is 23.7 Å². The summed E-state index contributed by atoms with van der Waals surface area (Å²) in [4.78, 5) is 8.66. The maximum Gasteiger partial charge on any atom is 0.191 e. The molecule has 2 bridgehead atoms. The molecule has 1 aromatic heterocycles. The molecular weight excluding hydrogens is 254 g/mol. The van der Waals surface area contributed by atoms with Crippen LogP contribution in [0.5, 0.6) is 0 Å². The normalized spacial score (nSPS) is 28.9. The number of imidazole rings is 1. The van der Waals surface area contributed by atoms with Crippen LogP contribution >= 0.6 is 0 Å². The predicted molar refractivity (Wildman–Crippen MR) is 77.6 cm³/mol. The van der Waals surface area contributed by atoms with Crippen LogP contribution in [0.1, 0.15) is 26.2 Å². The van der Waals surface area contributed by atoms with Crippen molar-refractivity contribution < 1.29 is 4.74 Å². The van der Waals surface area contributed by atoms with Crippen molar-refractivity contribution in [3.8, 4) is 0 Å². The van der Waals surface area contributed by atoms with E-state index in [0.717, 1.165) is 32.0 Å². The summed E-state index contributed by atoms with van der Waals surface area (Å²) in [6.07, 6.45) is 9.91. The molecule has 2 fully saturated rings. The highest BCUT2D eigenvalue weighted by Gasteiger charge is 2.41. The Morgan fingerprint density at radius 1 is 1.50 bits per heavy atom. The minimum Gasteiger partial charge on any atom is -0.373 e. The Kier molecular flexibility index (Phi) is 4.20. The van der Waals surface area contributed by atoms with Gasteiger partial charge in [-0.05, 0) is 26.2 Å². The van der Waals surface area contributed by atoms with Crippen molar-refractivity contribution in [2.75, 3.05) is 13.1 Å². The first-order valence-electron chi connectivity index (χ1n) is 7.51. The molecule has 20 heavy (non-hydrogen) atoms. The van der Waals surface area contributed by atoms with Gasteiger partial charge in [0, 0.05) is 25.5 Å². The van der Waals surface area contributed by atoms with Gasteiger partial charge in [0.15, 0.2) is 5.96 Å². The lowest BCUT2D eigenvalue weighted by atomic mass is 9.96. The molecule has 0 amide bonds. The third kappa shape index (κ3) is 3.12. The quantitative estimate of drug-likeness (QED) is 0.616. The van der Waals surface area contributed by atoms with E-state index >= 15 is 0 Å². The molecule has 0 radical (unpaired) electrons. The van der Waals surface area contributed by atoms with E-state index in [1.807, 2.05) is 17.1 Å². The second-order valence-corrected chi connectivity index (χ2v) is 5.42. The van der Waals surface area contributed by atoms with Crippen LogP contribution in [0, 0.1) is 0 Å². The summed E-state index contributed by atoms with van der Waals surface area (Å²) in [5.74, 6) is 0.897. The molecule has 110 valence electrons. The van der Waals surface area contributed by atoms with Crippen molar-refractivity contribution in [2.24, 2.45) is 4.99 Å². The van der Waals surface area contributed by atoms with Crippen LogP contribution < -0.4 is 10.6 Å². The highest BCUT2D eigenvalue weighted by molar-refractivity contribution is 5.80. The molecule has 3 rings (SSSR count). The van der Waals surface area contributed by atoms with Crippen molar-refractivity contribution in [2.45, 2.75) is 51.0 Å². The number of hydrogen-bond donors (Lipinski definition) is 2. The molecule has 2 aliphatic heterocycles. The number of aliphatic imine (C=N–C) groups is 1. The van der Waals surface area contributed by atoms with E-state index in [0.29, 0.717) is 18.2 Å². The number of ether oxygens (including phenoxy) is 1. The van der Waals surface area contributed by atoms with Gasteiger partial charge in [-0.25, -0.2) is 4.98 Å². The van der Waals surface area contributed by atoms with E-state index in [1.165, 1.54) is 12.8 Å². The molecular formula is C14H23N5O. The Hall–Kier alpha value is -1.56. The third-order valence-electron chi connectivity index (χ3n) is 3.96. The molecule has 0 spiro atoms. The zero-order valence-corrected chi connectivity index (χ0v) is 12.0. The lowest BCUT2D eigenvalue weighted by Gasteiger charge is -2.22. The van der Waals surface area contributed by atoms with Crippen LogP contribution in [0.3, 0.4) is 0 Å². The Labute approximate surface area is 119 Å². The van der Waals surface area contributed by atoms with E-state index < -0.39 is 0 Å². The van der Waals surface area contributed by atoms with Gasteiger partial charge in [-0.3, -0.25) is 4.99 Å². The van der Waals surface area contributed by atoms with Crippen LogP contribution in [-0.2, 0) is 11.3 Å². The minimum atomic E-state index is 0.373. The van der Waals surface area contributed by atoms with Gasteiger partial charge in [0.05, 0.1) is 31.1 Å². The first kappa shape index (κ1) is 13.4. The van der Waals surface area contributed by atoms with Crippen molar-refractivity contribution in [3.05, 3.63) is 18.7 Å². The van der Waals surface area contributed by atoms with Crippen molar-refractivity contribution in [1.29, 1.82) is 0 Å². The maximum atomic E-state index is 5.87. The highest BCUT2D eigenvalue weighted by Crippen LogP contribution is 2.34. The molecule has 0 aliphatic carbocycles. The van der Waals surface area contributed by atoms with E-state index in [9.17, 15) is 0 Å². The van der Waals surface area contributed by atoms with Crippen molar-refractivity contribution >= 4 is 5.96 Å². The maximum absolute atomic E-state index is 5.87. The summed E-state index contributed by atoms with van der Waals surface area (Å²) in [5.41, 5.74) is 0. The Bertz CT molecular complexity index is 444. The smallest absolute Gasteiger partial charge is 0.191 e. The fraction of sp³-hybridized carbons (Fsp3) is 0.714. The van der Waals surface area contributed by atoms with E-state index in [4.69, 9.17) is 4.74 Å². The number of nitrogens with one attached hydrogen (secondary N) is 2. The van der Waals surface area contributed by atoms with E-state index in [-0.39, 0.29) is 0 Å². The first-order valence-corrected chi connectivity index (χ1v) is 7.51. The zero-order chi connectivity index (χ0) is 13.8. The lowest BCUT2D eigenvalue weighted by Crippen LogP contribution is -2.47. The van der Waals surface area contributed by atoms with Crippen molar-refractivity contribution in [1.82, 2.24) is 20.2 Å². The Morgan fingerprint density at radius 2 is 2.45 bits per heavy atom. The third-order valence-corrected chi connectivity index (χ3v) is 3.96. The van der Waals surface area contributed by atoms with Crippen LogP contribution in [0.2, 0.25) is 0 Å². The topological polar surface area (TPSA) is 63.5 Å². The number of guanidine groups is 1. The first-order chi connectivity index (χ1) is 9.85. The monoisotopic (exact) mass is 277 g/mol. The molecule has 0 saturated carbocycles. The zero-order valence-electron chi connectivity index (χ0n) is 12.0. The number of nitrogens with zero attached hydrogens (tertiary/aromatic N) is 3. The summed E-state index contributed by atoms with van der Waals surface area (Å²) < 4.78 is 7.91. The van der Waals surface area contributed by atoms with Crippen LogP contribution in [0.4, 0.5) is 0 Å².